The Labute approximate surface area is 135 Å². The number of aliphatic imine (C=N–C) groups is 1. The Morgan fingerprint density at radius 3 is 2.70 bits per heavy atom. The van der Waals surface area contributed by atoms with E-state index in [0.29, 0.717) is 24.1 Å². The molecule has 0 spiro atoms. The third-order valence-corrected chi connectivity index (χ3v) is 2.75. The minimum Gasteiger partial charge on any atom is -0.439 e. The van der Waals surface area contributed by atoms with Crippen molar-refractivity contribution in [3.05, 3.63) is 54.0 Å². The van der Waals surface area contributed by atoms with Crippen LogP contribution >= 0.6 is 0 Å². The van der Waals surface area contributed by atoms with Crippen molar-refractivity contribution in [1.82, 2.24) is 10.3 Å². The molecule has 0 aliphatic carbocycles. The number of nitrogens with two attached hydrogens (primary N) is 1. The Morgan fingerprint density at radius 2 is 2.09 bits per heavy atom. The molecule has 0 saturated carbocycles. The number of hydrogen-bond acceptors (Lipinski definition) is 3. The van der Waals surface area contributed by atoms with Gasteiger partial charge in [0.1, 0.15) is 11.6 Å². The smallest absolute Gasteiger partial charge is 0.219 e. The first kappa shape index (κ1) is 16.7. The van der Waals surface area contributed by atoms with Crippen molar-refractivity contribution in [1.29, 1.82) is 0 Å². The second-order valence-corrected chi connectivity index (χ2v) is 6.14. The third kappa shape index (κ3) is 5.94. The Hall–Kier alpha value is -2.63. The fraction of sp³-hybridized carbons (Fsp3) is 0.294. The van der Waals surface area contributed by atoms with Gasteiger partial charge in [-0.15, -0.1) is 0 Å². The Morgan fingerprint density at radius 1 is 1.30 bits per heavy atom. The molecular weight excluding hydrogens is 295 g/mol. The van der Waals surface area contributed by atoms with Crippen LogP contribution in [0.1, 0.15) is 26.3 Å². The zero-order valence-corrected chi connectivity index (χ0v) is 13.5. The van der Waals surface area contributed by atoms with Crippen molar-refractivity contribution in [3.8, 4) is 11.6 Å². The van der Waals surface area contributed by atoms with E-state index >= 15 is 0 Å². The van der Waals surface area contributed by atoms with Crippen LogP contribution in [0.15, 0.2) is 47.6 Å². The topological polar surface area (TPSA) is 72.5 Å². The molecule has 0 aliphatic heterocycles. The summed E-state index contributed by atoms with van der Waals surface area (Å²) in [6.45, 7) is 6.45. The van der Waals surface area contributed by atoms with Crippen LogP contribution in [0.5, 0.6) is 11.6 Å². The maximum Gasteiger partial charge on any atom is 0.219 e. The van der Waals surface area contributed by atoms with Gasteiger partial charge in [-0.3, -0.25) is 0 Å². The Balaban J connectivity index is 1.96. The van der Waals surface area contributed by atoms with E-state index in [0.717, 1.165) is 5.56 Å². The van der Waals surface area contributed by atoms with E-state index in [1.54, 1.807) is 24.4 Å². The van der Waals surface area contributed by atoms with Gasteiger partial charge in [-0.1, -0.05) is 12.1 Å². The van der Waals surface area contributed by atoms with Crippen LogP contribution in [0.3, 0.4) is 0 Å². The standard InChI is InChI=1S/C17H21FN4O/c1-17(2,3)22-16(19)21-11-12-7-8-15(20-10-12)23-14-6-4-5-13(18)9-14/h4-10H,11H2,1-3H3,(H3,19,21,22). The van der Waals surface area contributed by atoms with E-state index in [1.807, 2.05) is 26.8 Å². The highest BCUT2D eigenvalue weighted by Crippen LogP contribution is 2.20. The molecular formula is C17H21FN4O. The van der Waals surface area contributed by atoms with Crippen LogP contribution in [0.25, 0.3) is 0 Å². The monoisotopic (exact) mass is 316 g/mol. The van der Waals surface area contributed by atoms with E-state index in [9.17, 15) is 4.39 Å². The van der Waals surface area contributed by atoms with Gasteiger partial charge in [-0.05, 0) is 38.5 Å². The molecule has 1 heterocycles. The number of ether oxygens (including phenoxy) is 1. The molecule has 0 aliphatic rings. The molecule has 1 aromatic carbocycles. The van der Waals surface area contributed by atoms with Gasteiger partial charge in [-0.2, -0.15) is 0 Å². The highest BCUT2D eigenvalue weighted by atomic mass is 19.1. The van der Waals surface area contributed by atoms with E-state index in [-0.39, 0.29) is 11.4 Å². The molecule has 0 amide bonds. The molecule has 0 fully saturated rings. The number of benzene rings is 1. The first-order chi connectivity index (χ1) is 10.8. The second kappa shape index (κ2) is 7.09. The van der Waals surface area contributed by atoms with Gasteiger partial charge in [0.05, 0.1) is 6.54 Å². The van der Waals surface area contributed by atoms with Gasteiger partial charge >= 0.3 is 0 Å². The maximum absolute atomic E-state index is 13.1. The Kier molecular flexibility index (Phi) is 5.16. The lowest BCUT2D eigenvalue weighted by molar-refractivity contribution is 0.457. The number of halogens is 1. The lowest BCUT2D eigenvalue weighted by Gasteiger charge is -2.20. The molecule has 2 rings (SSSR count). The maximum atomic E-state index is 13.1. The van der Waals surface area contributed by atoms with Gasteiger partial charge in [0.2, 0.25) is 5.88 Å². The molecule has 6 heteroatoms. The molecule has 1 aromatic heterocycles. The van der Waals surface area contributed by atoms with Crippen LogP contribution in [0.2, 0.25) is 0 Å². The summed E-state index contributed by atoms with van der Waals surface area (Å²) in [6.07, 6.45) is 1.66. The SMILES string of the molecule is CC(C)(C)NC(N)=NCc1ccc(Oc2cccc(F)c2)nc1. The molecule has 122 valence electrons. The first-order valence-electron chi connectivity index (χ1n) is 7.28. The van der Waals surface area contributed by atoms with E-state index in [4.69, 9.17) is 10.5 Å². The van der Waals surface area contributed by atoms with Crippen molar-refractivity contribution in [2.75, 3.05) is 0 Å². The van der Waals surface area contributed by atoms with E-state index < -0.39 is 0 Å². The van der Waals surface area contributed by atoms with Crippen molar-refractivity contribution < 1.29 is 9.13 Å². The van der Waals surface area contributed by atoms with Gasteiger partial charge in [0, 0.05) is 23.9 Å². The normalized spacial score (nSPS) is 12.1. The van der Waals surface area contributed by atoms with Gasteiger partial charge in [0.15, 0.2) is 5.96 Å². The van der Waals surface area contributed by atoms with Crippen LogP contribution < -0.4 is 15.8 Å². The number of hydrogen-bond donors (Lipinski definition) is 2. The molecule has 2 aromatic rings. The van der Waals surface area contributed by atoms with Crippen molar-refractivity contribution in [3.63, 3.8) is 0 Å². The van der Waals surface area contributed by atoms with Crippen molar-refractivity contribution >= 4 is 5.96 Å². The Bertz CT molecular complexity index is 678. The fourth-order valence-electron chi connectivity index (χ4n) is 1.82. The molecule has 0 radical (unpaired) electrons. The summed E-state index contributed by atoms with van der Waals surface area (Å²) in [4.78, 5) is 8.44. The number of nitrogens with zero attached hydrogens (tertiary/aromatic N) is 2. The number of aromatic nitrogens is 1. The zero-order chi connectivity index (χ0) is 16.9. The number of nitrogens with one attached hydrogen (secondary N) is 1. The highest BCUT2D eigenvalue weighted by Gasteiger charge is 2.09. The summed E-state index contributed by atoms with van der Waals surface area (Å²) in [5.41, 5.74) is 6.58. The van der Waals surface area contributed by atoms with Gasteiger partial charge < -0.3 is 15.8 Å². The van der Waals surface area contributed by atoms with Crippen molar-refractivity contribution in [2.24, 2.45) is 10.7 Å². The fourth-order valence-corrected chi connectivity index (χ4v) is 1.82. The summed E-state index contributed by atoms with van der Waals surface area (Å²) in [5, 5.41) is 3.09. The summed E-state index contributed by atoms with van der Waals surface area (Å²) >= 11 is 0. The largest absolute Gasteiger partial charge is 0.439 e. The molecule has 23 heavy (non-hydrogen) atoms. The second-order valence-electron chi connectivity index (χ2n) is 6.14. The summed E-state index contributed by atoms with van der Waals surface area (Å²) in [7, 11) is 0. The summed E-state index contributed by atoms with van der Waals surface area (Å²) in [5.74, 6) is 0.832. The minimum atomic E-state index is -0.352. The lowest BCUT2D eigenvalue weighted by atomic mass is 10.1. The first-order valence-corrected chi connectivity index (χ1v) is 7.28. The quantitative estimate of drug-likeness (QED) is 0.671. The molecule has 0 saturated heterocycles. The summed E-state index contributed by atoms with van der Waals surface area (Å²) in [6, 6.07) is 9.47. The van der Waals surface area contributed by atoms with Crippen LogP contribution in [-0.4, -0.2) is 16.5 Å². The third-order valence-electron chi connectivity index (χ3n) is 2.75. The zero-order valence-electron chi connectivity index (χ0n) is 13.5. The average Bonchev–Trinajstić information content (AvgIpc) is 2.45. The highest BCUT2D eigenvalue weighted by molar-refractivity contribution is 5.78. The van der Waals surface area contributed by atoms with Gasteiger partial charge in [0.25, 0.3) is 0 Å². The van der Waals surface area contributed by atoms with Crippen LogP contribution in [-0.2, 0) is 6.54 Å². The molecule has 3 N–H and O–H groups in total. The lowest BCUT2D eigenvalue weighted by Crippen LogP contribution is -2.44. The average molecular weight is 316 g/mol. The van der Waals surface area contributed by atoms with Crippen LogP contribution in [0, 0.1) is 5.82 Å². The van der Waals surface area contributed by atoms with Gasteiger partial charge in [-0.25, -0.2) is 14.4 Å². The molecule has 0 bridgehead atoms. The van der Waals surface area contributed by atoms with Crippen molar-refractivity contribution in [2.45, 2.75) is 32.9 Å². The molecule has 0 atom stereocenters. The number of pyridine rings is 1. The van der Waals surface area contributed by atoms with E-state index in [1.165, 1.54) is 12.1 Å². The summed E-state index contributed by atoms with van der Waals surface area (Å²) < 4.78 is 18.6. The molecule has 5 nitrogen and oxygen atoms in total. The number of rotatable bonds is 4. The number of guanidine groups is 1. The molecule has 0 unspecified atom stereocenters. The predicted octanol–water partition coefficient (Wildman–Crippen LogP) is 3.22. The predicted molar refractivity (Wildman–Crippen MR) is 88.9 cm³/mol. The minimum absolute atomic E-state index is 0.130. The van der Waals surface area contributed by atoms with Crippen LogP contribution in [0.4, 0.5) is 4.39 Å². The van der Waals surface area contributed by atoms with E-state index in [2.05, 4.69) is 15.3 Å².